The van der Waals surface area contributed by atoms with Gasteiger partial charge in [-0.15, -0.1) is 0 Å². The van der Waals surface area contributed by atoms with Crippen LogP contribution in [0.3, 0.4) is 0 Å². The molecule has 2 atom stereocenters. The van der Waals surface area contributed by atoms with Crippen molar-refractivity contribution in [2.45, 2.75) is 13.3 Å². The first-order valence-corrected chi connectivity index (χ1v) is 5.70. The van der Waals surface area contributed by atoms with Gasteiger partial charge in [-0.2, -0.15) is 0 Å². The van der Waals surface area contributed by atoms with Crippen molar-refractivity contribution in [3.8, 4) is 0 Å². The Balaban J connectivity index is 2.10. The number of carbonyl (C=O) groups is 2. The Kier molecular flexibility index (Phi) is 3.07. The fourth-order valence-corrected chi connectivity index (χ4v) is 1.95. The van der Waals surface area contributed by atoms with Gasteiger partial charge in [0.1, 0.15) is 0 Å². The van der Waals surface area contributed by atoms with Gasteiger partial charge in [0.05, 0.1) is 10.6 Å². The van der Waals surface area contributed by atoms with Gasteiger partial charge in [-0.05, 0) is 30.5 Å². The Hall–Kier alpha value is -1.55. The van der Waals surface area contributed by atoms with Crippen LogP contribution in [-0.4, -0.2) is 17.0 Å². The minimum absolute atomic E-state index is 0.0309. The third-order valence-corrected chi connectivity index (χ3v) is 3.23. The van der Waals surface area contributed by atoms with Gasteiger partial charge >= 0.3 is 5.97 Å². The van der Waals surface area contributed by atoms with E-state index in [1.807, 2.05) is 6.92 Å². The Labute approximate surface area is 104 Å². The maximum Gasteiger partial charge on any atom is 0.337 e. The van der Waals surface area contributed by atoms with Crippen molar-refractivity contribution in [1.82, 2.24) is 0 Å². The summed E-state index contributed by atoms with van der Waals surface area (Å²) < 4.78 is 0. The van der Waals surface area contributed by atoms with Gasteiger partial charge in [0, 0.05) is 11.6 Å². The second-order valence-corrected chi connectivity index (χ2v) is 4.72. The molecule has 1 amide bonds. The number of rotatable bonds is 3. The number of nitrogens with one attached hydrogen (secondary N) is 1. The topological polar surface area (TPSA) is 66.4 Å². The summed E-state index contributed by atoms with van der Waals surface area (Å²) in [5.41, 5.74) is 0.563. The Morgan fingerprint density at radius 3 is 2.59 bits per heavy atom. The molecule has 0 radical (unpaired) electrons. The molecule has 5 heteroatoms. The Morgan fingerprint density at radius 2 is 2.12 bits per heavy atom. The van der Waals surface area contributed by atoms with E-state index in [2.05, 4.69) is 5.32 Å². The standard InChI is InChI=1S/C12H12ClNO3/c1-6-4-9(6)11(15)14-7-2-3-8(12(16)17)10(13)5-7/h2-3,5-6,9H,4H2,1H3,(H,14,15)(H,16,17). The fraction of sp³-hybridized carbons (Fsp3) is 0.333. The summed E-state index contributed by atoms with van der Waals surface area (Å²) >= 11 is 5.80. The molecular weight excluding hydrogens is 242 g/mol. The second-order valence-electron chi connectivity index (χ2n) is 4.31. The van der Waals surface area contributed by atoms with Gasteiger partial charge in [-0.3, -0.25) is 4.79 Å². The summed E-state index contributed by atoms with van der Waals surface area (Å²) in [4.78, 5) is 22.4. The number of hydrogen-bond donors (Lipinski definition) is 2. The minimum atomic E-state index is -1.08. The smallest absolute Gasteiger partial charge is 0.337 e. The van der Waals surface area contributed by atoms with Crippen molar-refractivity contribution in [2.24, 2.45) is 11.8 Å². The molecule has 2 N–H and O–H groups in total. The third-order valence-electron chi connectivity index (χ3n) is 2.91. The van der Waals surface area contributed by atoms with Gasteiger partial charge in [0.15, 0.2) is 0 Å². The Bertz CT molecular complexity index is 487. The molecule has 90 valence electrons. The number of carbonyl (C=O) groups excluding carboxylic acids is 1. The molecule has 0 aromatic heterocycles. The molecule has 1 saturated carbocycles. The van der Waals surface area contributed by atoms with Gasteiger partial charge in [-0.1, -0.05) is 18.5 Å². The lowest BCUT2D eigenvalue weighted by Gasteiger charge is -2.06. The second kappa shape index (κ2) is 4.37. The number of carboxylic acids is 1. The highest BCUT2D eigenvalue weighted by molar-refractivity contribution is 6.33. The van der Waals surface area contributed by atoms with Crippen LogP contribution in [0.1, 0.15) is 23.7 Å². The first kappa shape index (κ1) is 11.9. The molecule has 1 fully saturated rings. The maximum absolute atomic E-state index is 11.6. The summed E-state index contributed by atoms with van der Waals surface area (Å²) in [6.45, 7) is 2.02. The monoisotopic (exact) mass is 253 g/mol. The van der Waals surface area contributed by atoms with E-state index in [0.717, 1.165) is 6.42 Å². The summed E-state index contributed by atoms with van der Waals surface area (Å²) in [5, 5.41) is 11.6. The van der Waals surface area contributed by atoms with Crippen LogP contribution < -0.4 is 5.32 Å². The van der Waals surface area contributed by atoms with E-state index >= 15 is 0 Å². The lowest BCUT2D eigenvalue weighted by atomic mass is 10.2. The first-order valence-electron chi connectivity index (χ1n) is 5.32. The van der Waals surface area contributed by atoms with Crippen LogP contribution in [0.4, 0.5) is 5.69 Å². The number of amides is 1. The van der Waals surface area contributed by atoms with Crippen molar-refractivity contribution in [3.05, 3.63) is 28.8 Å². The van der Waals surface area contributed by atoms with E-state index in [-0.39, 0.29) is 22.4 Å². The van der Waals surface area contributed by atoms with Crippen LogP contribution in [0.15, 0.2) is 18.2 Å². The van der Waals surface area contributed by atoms with Crippen molar-refractivity contribution in [2.75, 3.05) is 5.32 Å². The average Bonchev–Trinajstić information content (AvgIpc) is 2.95. The molecule has 1 aromatic carbocycles. The lowest BCUT2D eigenvalue weighted by molar-refractivity contribution is -0.117. The molecular formula is C12H12ClNO3. The van der Waals surface area contributed by atoms with Gasteiger partial charge in [0.25, 0.3) is 0 Å². The van der Waals surface area contributed by atoms with Crippen molar-refractivity contribution in [1.29, 1.82) is 0 Å². The molecule has 2 unspecified atom stereocenters. The van der Waals surface area contributed by atoms with E-state index in [1.165, 1.54) is 12.1 Å². The van der Waals surface area contributed by atoms with Crippen LogP contribution in [0, 0.1) is 11.8 Å². The average molecular weight is 254 g/mol. The van der Waals surface area contributed by atoms with Crippen LogP contribution in [0.2, 0.25) is 5.02 Å². The highest BCUT2D eigenvalue weighted by Crippen LogP contribution is 2.38. The highest BCUT2D eigenvalue weighted by Gasteiger charge is 2.39. The van der Waals surface area contributed by atoms with E-state index in [9.17, 15) is 9.59 Å². The zero-order chi connectivity index (χ0) is 12.6. The predicted molar refractivity (Wildman–Crippen MR) is 64.3 cm³/mol. The zero-order valence-corrected chi connectivity index (χ0v) is 9.99. The van der Waals surface area contributed by atoms with E-state index in [0.29, 0.717) is 11.6 Å². The molecule has 17 heavy (non-hydrogen) atoms. The van der Waals surface area contributed by atoms with Crippen LogP contribution in [0.5, 0.6) is 0 Å². The number of aromatic carboxylic acids is 1. The molecule has 4 nitrogen and oxygen atoms in total. The molecule has 0 aliphatic heterocycles. The number of carboxylic acid groups (broad SMARTS) is 1. The fourth-order valence-electron chi connectivity index (χ4n) is 1.69. The molecule has 1 aromatic rings. The predicted octanol–water partition coefficient (Wildman–Crippen LogP) is 2.63. The maximum atomic E-state index is 11.6. The van der Waals surface area contributed by atoms with Gasteiger partial charge in [0.2, 0.25) is 5.91 Å². The van der Waals surface area contributed by atoms with Gasteiger partial charge < -0.3 is 10.4 Å². The number of halogens is 1. The van der Waals surface area contributed by atoms with Crippen molar-refractivity contribution in [3.63, 3.8) is 0 Å². The van der Waals surface area contributed by atoms with Crippen LogP contribution >= 0.6 is 11.6 Å². The van der Waals surface area contributed by atoms with Crippen molar-refractivity contribution < 1.29 is 14.7 Å². The minimum Gasteiger partial charge on any atom is -0.478 e. The normalized spacial score (nSPS) is 22.0. The summed E-state index contributed by atoms with van der Waals surface area (Å²) in [7, 11) is 0. The highest BCUT2D eigenvalue weighted by atomic mass is 35.5. The molecule has 2 rings (SSSR count). The van der Waals surface area contributed by atoms with E-state index in [1.54, 1.807) is 6.07 Å². The molecule has 1 aliphatic rings. The zero-order valence-electron chi connectivity index (χ0n) is 9.24. The lowest BCUT2D eigenvalue weighted by Crippen LogP contribution is -2.14. The summed E-state index contributed by atoms with van der Waals surface area (Å²) in [6.07, 6.45) is 0.909. The summed E-state index contributed by atoms with van der Waals surface area (Å²) in [6, 6.07) is 4.38. The molecule has 0 spiro atoms. The first-order chi connectivity index (χ1) is 7.99. The Morgan fingerprint density at radius 1 is 1.47 bits per heavy atom. The summed E-state index contributed by atoms with van der Waals surface area (Å²) in [5.74, 6) is -0.600. The third kappa shape index (κ3) is 2.58. The quantitative estimate of drug-likeness (QED) is 0.870. The van der Waals surface area contributed by atoms with E-state index < -0.39 is 5.97 Å². The molecule has 0 heterocycles. The van der Waals surface area contributed by atoms with Gasteiger partial charge in [-0.25, -0.2) is 4.79 Å². The molecule has 1 aliphatic carbocycles. The number of hydrogen-bond acceptors (Lipinski definition) is 2. The molecule has 0 bridgehead atoms. The van der Waals surface area contributed by atoms with Crippen LogP contribution in [-0.2, 0) is 4.79 Å². The van der Waals surface area contributed by atoms with Crippen LogP contribution in [0.25, 0.3) is 0 Å². The van der Waals surface area contributed by atoms with Crippen molar-refractivity contribution >= 4 is 29.2 Å². The molecule has 0 saturated heterocycles. The number of anilines is 1. The largest absolute Gasteiger partial charge is 0.478 e. The van der Waals surface area contributed by atoms with E-state index in [4.69, 9.17) is 16.7 Å². The number of benzene rings is 1. The SMILES string of the molecule is CC1CC1C(=O)Nc1ccc(C(=O)O)c(Cl)c1.